The SMILES string of the molecule is CCC(NC(=O)c1ccc(Cl)c(S(C)(=O)=O)c1)c1ccc2c(c1)OCCO2. The maximum absolute atomic E-state index is 12.7. The molecule has 1 unspecified atom stereocenters. The number of carbonyl (C=O) groups excluding carboxylic acids is 1. The predicted octanol–water partition coefficient (Wildman–Crippen LogP) is 3.40. The number of hydrogen-bond donors (Lipinski definition) is 1. The quantitative estimate of drug-likeness (QED) is 0.818. The number of rotatable bonds is 5. The molecular weight excluding hydrogens is 390 g/mol. The standard InChI is InChI=1S/C19H20ClNO5S/c1-3-15(12-5-7-16-17(10-12)26-9-8-25-16)21-19(22)13-4-6-14(20)18(11-13)27(2,23)24/h4-7,10-11,15H,3,8-9H2,1-2H3,(H,21,22). The smallest absolute Gasteiger partial charge is 0.251 e. The maximum Gasteiger partial charge on any atom is 0.251 e. The number of fused-ring (bicyclic) bond motifs is 1. The molecule has 1 atom stereocenters. The van der Waals surface area contributed by atoms with Crippen LogP contribution >= 0.6 is 11.6 Å². The van der Waals surface area contributed by atoms with Gasteiger partial charge in [-0.15, -0.1) is 0 Å². The molecule has 0 bridgehead atoms. The van der Waals surface area contributed by atoms with Gasteiger partial charge in [0.05, 0.1) is 16.0 Å². The second kappa shape index (κ2) is 7.78. The lowest BCUT2D eigenvalue weighted by atomic mass is 10.0. The van der Waals surface area contributed by atoms with Crippen LogP contribution in [0.15, 0.2) is 41.3 Å². The molecule has 0 fully saturated rings. The third kappa shape index (κ3) is 4.36. The van der Waals surface area contributed by atoms with E-state index in [1.807, 2.05) is 25.1 Å². The van der Waals surface area contributed by atoms with Crippen LogP contribution in [-0.2, 0) is 9.84 Å². The summed E-state index contributed by atoms with van der Waals surface area (Å²) in [6.45, 7) is 2.95. The summed E-state index contributed by atoms with van der Waals surface area (Å²) >= 11 is 5.95. The van der Waals surface area contributed by atoms with E-state index >= 15 is 0 Å². The molecule has 144 valence electrons. The molecule has 0 saturated carbocycles. The Labute approximate surface area is 163 Å². The number of nitrogens with one attached hydrogen (secondary N) is 1. The van der Waals surface area contributed by atoms with E-state index in [1.165, 1.54) is 18.2 Å². The summed E-state index contributed by atoms with van der Waals surface area (Å²) in [4.78, 5) is 12.6. The van der Waals surface area contributed by atoms with Crippen LogP contribution in [0.25, 0.3) is 0 Å². The molecule has 0 aromatic heterocycles. The minimum absolute atomic E-state index is 0.0656. The van der Waals surface area contributed by atoms with Crippen LogP contribution < -0.4 is 14.8 Å². The fourth-order valence-electron chi connectivity index (χ4n) is 2.87. The van der Waals surface area contributed by atoms with Crippen LogP contribution in [0.5, 0.6) is 11.5 Å². The van der Waals surface area contributed by atoms with Crippen LogP contribution in [0.3, 0.4) is 0 Å². The third-order valence-electron chi connectivity index (χ3n) is 4.28. The van der Waals surface area contributed by atoms with Crippen molar-refractivity contribution >= 4 is 27.3 Å². The summed E-state index contributed by atoms with van der Waals surface area (Å²) in [6, 6.07) is 9.51. The zero-order chi connectivity index (χ0) is 19.6. The van der Waals surface area contributed by atoms with Gasteiger partial charge >= 0.3 is 0 Å². The van der Waals surface area contributed by atoms with E-state index in [-0.39, 0.29) is 27.4 Å². The van der Waals surface area contributed by atoms with Gasteiger partial charge in [-0.25, -0.2) is 8.42 Å². The number of sulfone groups is 1. The van der Waals surface area contributed by atoms with E-state index in [9.17, 15) is 13.2 Å². The topological polar surface area (TPSA) is 81.7 Å². The molecule has 8 heteroatoms. The fraction of sp³-hybridized carbons (Fsp3) is 0.316. The highest BCUT2D eigenvalue weighted by atomic mass is 35.5. The minimum Gasteiger partial charge on any atom is -0.486 e. The summed E-state index contributed by atoms with van der Waals surface area (Å²) in [5, 5.41) is 3.02. The lowest BCUT2D eigenvalue weighted by Crippen LogP contribution is -2.28. The van der Waals surface area contributed by atoms with Gasteiger partial charge in [0.25, 0.3) is 5.91 Å². The van der Waals surface area contributed by atoms with Gasteiger partial charge < -0.3 is 14.8 Å². The van der Waals surface area contributed by atoms with Gasteiger partial charge in [0.1, 0.15) is 13.2 Å². The first-order valence-corrected chi connectivity index (χ1v) is 10.8. The van der Waals surface area contributed by atoms with E-state index < -0.39 is 9.84 Å². The summed E-state index contributed by atoms with van der Waals surface area (Å²) in [5.74, 6) is 0.956. The highest BCUT2D eigenvalue weighted by Gasteiger charge is 2.20. The lowest BCUT2D eigenvalue weighted by molar-refractivity contribution is 0.0935. The Bertz CT molecular complexity index is 974. The van der Waals surface area contributed by atoms with Crippen LogP contribution in [-0.4, -0.2) is 33.8 Å². The first-order valence-electron chi connectivity index (χ1n) is 8.49. The molecule has 1 amide bonds. The molecule has 2 aromatic rings. The number of hydrogen-bond acceptors (Lipinski definition) is 5. The zero-order valence-corrected chi connectivity index (χ0v) is 16.6. The average Bonchev–Trinajstić information content (AvgIpc) is 2.65. The van der Waals surface area contributed by atoms with Crippen molar-refractivity contribution in [1.82, 2.24) is 5.32 Å². The summed E-state index contributed by atoms with van der Waals surface area (Å²) < 4.78 is 34.8. The van der Waals surface area contributed by atoms with Gasteiger partial charge in [0.2, 0.25) is 0 Å². The molecule has 6 nitrogen and oxygen atoms in total. The highest BCUT2D eigenvalue weighted by molar-refractivity contribution is 7.90. The van der Waals surface area contributed by atoms with E-state index in [1.54, 1.807) is 0 Å². The second-order valence-corrected chi connectivity index (χ2v) is 8.65. The number of halogens is 1. The molecule has 1 aliphatic rings. The monoisotopic (exact) mass is 409 g/mol. The van der Waals surface area contributed by atoms with Crippen molar-refractivity contribution in [3.8, 4) is 11.5 Å². The van der Waals surface area contributed by atoms with Crippen LogP contribution in [0.2, 0.25) is 5.02 Å². The first-order chi connectivity index (χ1) is 12.8. The van der Waals surface area contributed by atoms with Crippen molar-refractivity contribution in [3.05, 3.63) is 52.5 Å². The van der Waals surface area contributed by atoms with Gasteiger partial charge in [0, 0.05) is 11.8 Å². The third-order valence-corrected chi connectivity index (χ3v) is 5.85. The normalized spacial score (nSPS) is 14.5. The Morgan fingerprint density at radius 2 is 1.85 bits per heavy atom. The molecule has 1 heterocycles. The second-order valence-electron chi connectivity index (χ2n) is 6.25. The van der Waals surface area contributed by atoms with Gasteiger partial charge in [-0.1, -0.05) is 24.6 Å². The molecule has 1 aliphatic heterocycles. The molecule has 1 N–H and O–H groups in total. The van der Waals surface area contributed by atoms with Crippen molar-refractivity contribution in [1.29, 1.82) is 0 Å². The molecule has 0 aliphatic carbocycles. The Morgan fingerprint density at radius 3 is 2.52 bits per heavy atom. The molecule has 3 rings (SSSR count). The van der Waals surface area contributed by atoms with Crippen molar-refractivity contribution in [2.24, 2.45) is 0 Å². The number of ether oxygens (including phenoxy) is 2. The molecule has 27 heavy (non-hydrogen) atoms. The fourth-order valence-corrected chi connectivity index (χ4v) is 4.17. The van der Waals surface area contributed by atoms with Crippen molar-refractivity contribution < 1.29 is 22.7 Å². The number of carbonyl (C=O) groups is 1. The Hall–Kier alpha value is -2.25. The molecule has 0 spiro atoms. The van der Waals surface area contributed by atoms with Crippen LogP contribution in [0.4, 0.5) is 0 Å². The van der Waals surface area contributed by atoms with Crippen molar-refractivity contribution in [3.63, 3.8) is 0 Å². The van der Waals surface area contributed by atoms with Crippen molar-refractivity contribution in [2.75, 3.05) is 19.5 Å². The van der Waals surface area contributed by atoms with Gasteiger partial charge in [-0.3, -0.25) is 4.79 Å². The molecule has 0 saturated heterocycles. The van der Waals surface area contributed by atoms with E-state index in [2.05, 4.69) is 5.32 Å². The summed E-state index contributed by atoms with van der Waals surface area (Å²) in [5.41, 5.74) is 1.11. The minimum atomic E-state index is -3.53. The van der Waals surface area contributed by atoms with Crippen molar-refractivity contribution in [2.45, 2.75) is 24.3 Å². The largest absolute Gasteiger partial charge is 0.486 e. The molecule has 0 radical (unpaired) electrons. The Kier molecular flexibility index (Phi) is 5.62. The van der Waals surface area contributed by atoms with Gasteiger partial charge in [0.15, 0.2) is 21.3 Å². The Balaban J connectivity index is 1.84. The maximum atomic E-state index is 12.7. The van der Waals surface area contributed by atoms with E-state index in [0.717, 1.165) is 11.8 Å². The zero-order valence-electron chi connectivity index (χ0n) is 15.0. The van der Waals surface area contributed by atoms with Crippen LogP contribution in [0, 0.1) is 0 Å². The predicted molar refractivity (Wildman–Crippen MR) is 102 cm³/mol. The Morgan fingerprint density at radius 1 is 1.15 bits per heavy atom. The first kappa shape index (κ1) is 19.5. The van der Waals surface area contributed by atoms with Gasteiger partial charge in [-0.05, 0) is 42.3 Å². The van der Waals surface area contributed by atoms with E-state index in [0.29, 0.717) is 31.1 Å². The van der Waals surface area contributed by atoms with Gasteiger partial charge in [-0.2, -0.15) is 0 Å². The van der Waals surface area contributed by atoms with E-state index in [4.69, 9.17) is 21.1 Å². The summed E-state index contributed by atoms with van der Waals surface area (Å²) in [7, 11) is -3.53. The lowest BCUT2D eigenvalue weighted by Gasteiger charge is -2.22. The number of amides is 1. The molecular formula is C19H20ClNO5S. The summed E-state index contributed by atoms with van der Waals surface area (Å²) in [6.07, 6.45) is 1.71. The average molecular weight is 410 g/mol. The molecule has 2 aromatic carbocycles. The highest BCUT2D eigenvalue weighted by Crippen LogP contribution is 2.33. The number of benzene rings is 2. The van der Waals surface area contributed by atoms with Crippen LogP contribution in [0.1, 0.15) is 35.3 Å².